The molecule has 1 aromatic carbocycles. The van der Waals surface area contributed by atoms with Crippen LogP contribution < -0.4 is 10.1 Å². The van der Waals surface area contributed by atoms with Gasteiger partial charge in [0.05, 0.1) is 30.4 Å². The predicted octanol–water partition coefficient (Wildman–Crippen LogP) is 3.69. The monoisotopic (exact) mass is 415 g/mol. The maximum Gasteiger partial charge on any atom is 0.193 e. The second-order valence-corrected chi connectivity index (χ2v) is 8.59. The molecule has 1 aromatic heterocycles. The molecule has 0 amide bonds. The average Bonchev–Trinajstić information content (AvgIpc) is 3.16. The fraction of sp³-hybridized carbons (Fsp3) is 0.545. The Morgan fingerprint density at radius 3 is 2.59 bits per heavy atom. The van der Waals surface area contributed by atoms with Gasteiger partial charge in [0.1, 0.15) is 5.75 Å². The number of guanidine groups is 1. The third kappa shape index (κ3) is 5.93. The summed E-state index contributed by atoms with van der Waals surface area (Å²) in [5, 5.41) is 6.82. The summed E-state index contributed by atoms with van der Waals surface area (Å²) in [5.41, 5.74) is 2.40. The van der Waals surface area contributed by atoms with E-state index in [0.29, 0.717) is 6.04 Å². The quantitative estimate of drug-likeness (QED) is 0.552. The SMILES string of the molecule is CN=C(NCC(c1ccc(OC)cc1)N1CCCCC1)N(C)Cc1csc(C)n1. The zero-order valence-corrected chi connectivity index (χ0v) is 18.8. The van der Waals surface area contributed by atoms with Gasteiger partial charge in [0, 0.05) is 26.0 Å². The number of piperidine rings is 1. The van der Waals surface area contributed by atoms with Gasteiger partial charge in [0.25, 0.3) is 0 Å². The van der Waals surface area contributed by atoms with E-state index in [0.717, 1.165) is 48.6 Å². The normalized spacial score (nSPS) is 16.5. The number of aryl methyl sites for hydroxylation is 1. The third-order valence-electron chi connectivity index (χ3n) is 5.42. The first-order valence-corrected chi connectivity index (χ1v) is 11.2. The van der Waals surface area contributed by atoms with Crippen LogP contribution in [0.15, 0.2) is 34.6 Å². The number of benzene rings is 1. The average molecular weight is 416 g/mol. The third-order valence-corrected chi connectivity index (χ3v) is 6.25. The highest BCUT2D eigenvalue weighted by molar-refractivity contribution is 7.09. The van der Waals surface area contributed by atoms with Crippen molar-refractivity contribution in [2.45, 2.75) is 38.8 Å². The lowest BCUT2D eigenvalue weighted by Gasteiger charge is -2.36. The Balaban J connectivity index is 1.68. The second kappa shape index (κ2) is 10.6. The molecule has 0 radical (unpaired) electrons. The summed E-state index contributed by atoms with van der Waals surface area (Å²) in [6.07, 6.45) is 3.87. The van der Waals surface area contributed by atoms with Crippen molar-refractivity contribution in [2.75, 3.05) is 40.8 Å². The van der Waals surface area contributed by atoms with Gasteiger partial charge >= 0.3 is 0 Å². The number of thiazole rings is 1. The molecule has 1 aliphatic rings. The van der Waals surface area contributed by atoms with Gasteiger partial charge < -0.3 is 15.0 Å². The van der Waals surface area contributed by atoms with Crippen LogP contribution in [-0.2, 0) is 6.54 Å². The highest BCUT2D eigenvalue weighted by atomic mass is 32.1. The van der Waals surface area contributed by atoms with Gasteiger partial charge in [-0.25, -0.2) is 4.98 Å². The molecule has 0 aliphatic carbocycles. The Kier molecular flexibility index (Phi) is 7.89. The number of likely N-dealkylation sites (tertiary alicyclic amines) is 1. The molecule has 1 aliphatic heterocycles. The first-order valence-electron chi connectivity index (χ1n) is 10.3. The Labute approximate surface area is 178 Å². The summed E-state index contributed by atoms with van der Waals surface area (Å²) in [7, 11) is 5.62. The van der Waals surface area contributed by atoms with Crippen molar-refractivity contribution in [3.05, 3.63) is 45.9 Å². The number of ether oxygens (including phenoxy) is 1. The molecule has 1 fully saturated rings. The Morgan fingerprint density at radius 1 is 1.28 bits per heavy atom. The van der Waals surface area contributed by atoms with Gasteiger partial charge in [-0.3, -0.25) is 9.89 Å². The van der Waals surface area contributed by atoms with E-state index >= 15 is 0 Å². The summed E-state index contributed by atoms with van der Waals surface area (Å²) in [6, 6.07) is 8.79. The molecule has 3 rings (SSSR count). The summed E-state index contributed by atoms with van der Waals surface area (Å²) >= 11 is 1.69. The van der Waals surface area contributed by atoms with Crippen LogP contribution in [0.1, 0.15) is 41.6 Å². The fourth-order valence-corrected chi connectivity index (χ4v) is 4.49. The Hall–Kier alpha value is -2.12. The maximum atomic E-state index is 5.34. The molecule has 0 bridgehead atoms. The smallest absolute Gasteiger partial charge is 0.193 e. The van der Waals surface area contributed by atoms with Crippen LogP contribution in [0.5, 0.6) is 5.75 Å². The summed E-state index contributed by atoms with van der Waals surface area (Å²) in [5.74, 6) is 1.79. The number of hydrogen-bond acceptors (Lipinski definition) is 5. The molecule has 29 heavy (non-hydrogen) atoms. The molecule has 158 valence electrons. The summed E-state index contributed by atoms with van der Waals surface area (Å²) in [4.78, 5) is 13.8. The van der Waals surface area contributed by atoms with E-state index in [2.05, 4.69) is 61.8 Å². The van der Waals surface area contributed by atoms with Gasteiger partial charge in [-0.15, -0.1) is 11.3 Å². The van der Waals surface area contributed by atoms with Crippen molar-refractivity contribution < 1.29 is 4.74 Å². The van der Waals surface area contributed by atoms with Crippen molar-refractivity contribution in [2.24, 2.45) is 4.99 Å². The number of nitrogens with zero attached hydrogens (tertiary/aromatic N) is 4. The molecular weight excluding hydrogens is 382 g/mol. The van der Waals surface area contributed by atoms with E-state index in [1.54, 1.807) is 18.4 Å². The van der Waals surface area contributed by atoms with Gasteiger partial charge in [0.2, 0.25) is 0 Å². The van der Waals surface area contributed by atoms with E-state index in [9.17, 15) is 0 Å². The van der Waals surface area contributed by atoms with E-state index in [1.807, 2.05) is 14.0 Å². The summed E-state index contributed by atoms with van der Waals surface area (Å²) in [6.45, 7) is 5.90. The highest BCUT2D eigenvalue weighted by Gasteiger charge is 2.23. The molecule has 1 atom stereocenters. The van der Waals surface area contributed by atoms with Crippen molar-refractivity contribution in [3.8, 4) is 5.75 Å². The maximum absolute atomic E-state index is 5.34. The first kappa shape index (κ1) is 21.6. The largest absolute Gasteiger partial charge is 0.497 e. The minimum Gasteiger partial charge on any atom is -0.497 e. The highest BCUT2D eigenvalue weighted by Crippen LogP contribution is 2.26. The van der Waals surface area contributed by atoms with Crippen molar-refractivity contribution in [1.29, 1.82) is 0 Å². The number of aromatic nitrogens is 1. The molecule has 1 saturated heterocycles. The van der Waals surface area contributed by atoms with Crippen molar-refractivity contribution in [1.82, 2.24) is 20.1 Å². The van der Waals surface area contributed by atoms with Crippen molar-refractivity contribution in [3.63, 3.8) is 0 Å². The van der Waals surface area contributed by atoms with E-state index in [4.69, 9.17) is 4.74 Å². The molecule has 2 heterocycles. The van der Waals surface area contributed by atoms with Gasteiger partial charge in [0.15, 0.2) is 5.96 Å². The number of rotatable bonds is 7. The van der Waals surface area contributed by atoms with E-state index in [1.165, 1.54) is 24.8 Å². The minimum absolute atomic E-state index is 0.313. The van der Waals surface area contributed by atoms with Crippen LogP contribution in [0.25, 0.3) is 0 Å². The lowest BCUT2D eigenvalue weighted by atomic mass is 10.0. The van der Waals surface area contributed by atoms with Crippen LogP contribution in [0.4, 0.5) is 0 Å². The fourth-order valence-electron chi connectivity index (χ4n) is 3.89. The predicted molar refractivity (Wildman–Crippen MR) is 121 cm³/mol. The number of aliphatic imine (C=N–C) groups is 1. The van der Waals surface area contributed by atoms with Crippen LogP contribution in [0.2, 0.25) is 0 Å². The second-order valence-electron chi connectivity index (χ2n) is 7.53. The molecule has 6 nitrogen and oxygen atoms in total. The van der Waals surface area contributed by atoms with Crippen LogP contribution in [0.3, 0.4) is 0 Å². The molecular formula is C22H33N5OS. The van der Waals surface area contributed by atoms with Gasteiger partial charge in [-0.2, -0.15) is 0 Å². The lowest BCUT2D eigenvalue weighted by molar-refractivity contribution is 0.163. The standard InChI is InChI=1S/C22H33N5OS/c1-17-25-19(16-29-17)15-26(3)22(23-2)24-14-21(27-12-6-5-7-13-27)18-8-10-20(28-4)11-9-18/h8-11,16,21H,5-7,12-15H2,1-4H3,(H,23,24). The minimum atomic E-state index is 0.313. The zero-order valence-electron chi connectivity index (χ0n) is 18.0. The molecule has 0 spiro atoms. The van der Waals surface area contributed by atoms with Gasteiger partial charge in [-0.1, -0.05) is 18.6 Å². The number of nitrogens with one attached hydrogen (secondary N) is 1. The van der Waals surface area contributed by atoms with E-state index < -0.39 is 0 Å². The lowest BCUT2D eigenvalue weighted by Crippen LogP contribution is -2.44. The molecule has 7 heteroatoms. The van der Waals surface area contributed by atoms with Crippen LogP contribution >= 0.6 is 11.3 Å². The van der Waals surface area contributed by atoms with Crippen molar-refractivity contribution >= 4 is 17.3 Å². The Bertz CT molecular complexity index is 783. The van der Waals surface area contributed by atoms with E-state index in [-0.39, 0.29) is 0 Å². The molecule has 1 N–H and O–H groups in total. The van der Waals surface area contributed by atoms with Gasteiger partial charge in [-0.05, 0) is 50.6 Å². The summed E-state index contributed by atoms with van der Waals surface area (Å²) < 4.78 is 5.34. The number of hydrogen-bond donors (Lipinski definition) is 1. The molecule has 1 unspecified atom stereocenters. The zero-order chi connectivity index (χ0) is 20.6. The molecule has 0 saturated carbocycles. The van der Waals surface area contributed by atoms with Crippen LogP contribution in [-0.4, -0.2) is 61.6 Å². The van der Waals surface area contributed by atoms with Crippen LogP contribution in [0, 0.1) is 6.92 Å². The molecule has 2 aromatic rings. The topological polar surface area (TPSA) is 53.0 Å². The Morgan fingerprint density at radius 2 is 2.00 bits per heavy atom. The first-order chi connectivity index (χ1) is 14.1. The number of methoxy groups -OCH3 is 1.